The molecule has 2 fully saturated rings. The molecule has 5 heteroatoms. The lowest BCUT2D eigenvalue weighted by Gasteiger charge is -2.21. The van der Waals surface area contributed by atoms with Gasteiger partial charge in [0.2, 0.25) is 0 Å². The molecule has 2 aromatic carbocycles. The standard InChI is InChI=1S/C19H27NS.C11H14FN.C3H8.CH5N/c1-4-16-6-8-17(9-7-16)19-12-18(19)13-20(14-19)10-5-11-21-15(2)3;1-4-11(13-3)9-6-5-8(2)10(12)7-9;1-3-2;1-2/h6-9,18H,2,4-5,10-14H2,1,3H3;5-7H,4H2,1-3H3;3H2,1-2H3;2H2,1H3/t18?,19-;;;/m1.../s1. The van der Waals surface area contributed by atoms with Crippen molar-refractivity contribution in [2.24, 2.45) is 16.6 Å². The van der Waals surface area contributed by atoms with Crippen molar-refractivity contribution in [3.8, 4) is 0 Å². The molecule has 2 atom stereocenters. The maximum atomic E-state index is 13.2. The van der Waals surface area contributed by atoms with E-state index >= 15 is 0 Å². The van der Waals surface area contributed by atoms with Crippen LogP contribution in [0.2, 0.25) is 0 Å². The van der Waals surface area contributed by atoms with Gasteiger partial charge in [-0.1, -0.05) is 77.1 Å². The van der Waals surface area contributed by atoms with Crippen molar-refractivity contribution < 1.29 is 4.39 Å². The van der Waals surface area contributed by atoms with Crippen LogP contribution in [0.25, 0.3) is 0 Å². The average Bonchev–Trinajstić information content (AvgIpc) is 3.52. The number of allylic oxidation sites excluding steroid dienone is 1. The van der Waals surface area contributed by atoms with Gasteiger partial charge in [-0.2, -0.15) is 0 Å². The second-order valence-electron chi connectivity index (χ2n) is 10.4. The molecule has 39 heavy (non-hydrogen) atoms. The Kier molecular flexibility index (Phi) is 16.6. The normalized spacial score (nSPS) is 19.4. The SMILES string of the molecule is C=C(C)SCCCN1CC2C[C@]2(c2ccc(CC)cc2)C1.CCC.CCC(=NC)c1ccc(C)c(F)c1.CN. The summed E-state index contributed by atoms with van der Waals surface area (Å²) >= 11 is 1.91. The Morgan fingerprint density at radius 2 is 1.77 bits per heavy atom. The predicted molar refractivity (Wildman–Crippen MR) is 174 cm³/mol. The average molecular weight is 556 g/mol. The highest BCUT2D eigenvalue weighted by molar-refractivity contribution is 8.03. The van der Waals surface area contributed by atoms with Crippen molar-refractivity contribution in [1.82, 2.24) is 4.90 Å². The Hall–Kier alpha value is -1.95. The molecule has 0 bridgehead atoms. The maximum absolute atomic E-state index is 13.2. The Bertz CT molecular complexity index is 1020. The van der Waals surface area contributed by atoms with Crippen LogP contribution in [0, 0.1) is 18.7 Å². The van der Waals surface area contributed by atoms with E-state index in [0.29, 0.717) is 11.0 Å². The number of nitrogens with zero attached hydrogens (tertiary/aromatic N) is 2. The fourth-order valence-electron chi connectivity index (χ4n) is 5.07. The van der Waals surface area contributed by atoms with Gasteiger partial charge in [0.1, 0.15) is 5.82 Å². The van der Waals surface area contributed by atoms with E-state index in [1.165, 1.54) is 62.2 Å². The molecule has 4 rings (SSSR count). The van der Waals surface area contributed by atoms with Crippen LogP contribution in [0.5, 0.6) is 0 Å². The van der Waals surface area contributed by atoms with Gasteiger partial charge in [-0.05, 0) is 98.0 Å². The van der Waals surface area contributed by atoms with Crippen molar-refractivity contribution in [3.63, 3.8) is 0 Å². The van der Waals surface area contributed by atoms with Gasteiger partial charge < -0.3 is 10.6 Å². The van der Waals surface area contributed by atoms with Gasteiger partial charge in [0.15, 0.2) is 0 Å². The van der Waals surface area contributed by atoms with Gasteiger partial charge in [-0.15, -0.1) is 11.8 Å². The zero-order valence-corrected chi connectivity index (χ0v) is 26.8. The Morgan fingerprint density at radius 1 is 1.13 bits per heavy atom. The van der Waals surface area contributed by atoms with Crippen LogP contribution >= 0.6 is 11.8 Å². The molecule has 1 saturated heterocycles. The summed E-state index contributed by atoms with van der Waals surface area (Å²) in [6.07, 6.45) is 5.92. The minimum atomic E-state index is -0.160. The van der Waals surface area contributed by atoms with E-state index in [9.17, 15) is 4.39 Å². The van der Waals surface area contributed by atoms with E-state index in [4.69, 9.17) is 0 Å². The third-order valence-electron chi connectivity index (χ3n) is 7.23. The lowest BCUT2D eigenvalue weighted by molar-refractivity contribution is 0.299. The molecule has 3 nitrogen and oxygen atoms in total. The highest BCUT2D eigenvalue weighted by Crippen LogP contribution is 2.58. The number of benzene rings is 2. The van der Waals surface area contributed by atoms with E-state index in [-0.39, 0.29) is 5.82 Å². The molecule has 1 aliphatic heterocycles. The lowest BCUT2D eigenvalue weighted by atomic mass is 9.94. The molecule has 1 saturated carbocycles. The summed E-state index contributed by atoms with van der Waals surface area (Å²) in [5.74, 6) is 1.97. The minimum absolute atomic E-state index is 0.160. The van der Waals surface area contributed by atoms with Crippen LogP contribution in [0.3, 0.4) is 0 Å². The number of hydrogen-bond donors (Lipinski definition) is 1. The fraction of sp³-hybridized carbons (Fsp3) is 0.559. The summed E-state index contributed by atoms with van der Waals surface area (Å²) in [5.41, 5.74) is 10.6. The molecule has 2 aliphatic rings. The number of piperidine rings is 1. The summed E-state index contributed by atoms with van der Waals surface area (Å²) in [6, 6.07) is 14.7. The zero-order chi connectivity index (χ0) is 29.4. The van der Waals surface area contributed by atoms with Crippen molar-refractivity contribution in [1.29, 1.82) is 0 Å². The number of hydrogen-bond acceptors (Lipinski definition) is 4. The second-order valence-corrected chi connectivity index (χ2v) is 11.8. The number of aliphatic imine (C=N–C) groups is 1. The van der Waals surface area contributed by atoms with Gasteiger partial charge in [-0.3, -0.25) is 4.99 Å². The molecule has 1 unspecified atom stereocenters. The molecule has 2 aromatic rings. The molecule has 0 aromatic heterocycles. The van der Waals surface area contributed by atoms with E-state index < -0.39 is 0 Å². The summed E-state index contributed by atoms with van der Waals surface area (Å²) < 4.78 is 13.2. The lowest BCUT2D eigenvalue weighted by Crippen LogP contribution is -2.27. The third kappa shape index (κ3) is 10.9. The van der Waals surface area contributed by atoms with Gasteiger partial charge in [0.05, 0.1) is 0 Å². The first-order valence-electron chi connectivity index (χ1n) is 14.6. The number of thioether (sulfide) groups is 1. The van der Waals surface area contributed by atoms with Gasteiger partial charge in [0, 0.05) is 31.3 Å². The van der Waals surface area contributed by atoms with E-state index in [1.54, 1.807) is 31.7 Å². The van der Waals surface area contributed by atoms with Crippen LogP contribution in [-0.2, 0) is 11.8 Å². The number of fused-ring (bicyclic) bond motifs is 1. The first-order valence-corrected chi connectivity index (χ1v) is 15.6. The van der Waals surface area contributed by atoms with Crippen LogP contribution in [0.1, 0.15) is 82.6 Å². The monoisotopic (exact) mass is 555 g/mol. The Morgan fingerprint density at radius 3 is 2.28 bits per heavy atom. The topological polar surface area (TPSA) is 41.6 Å². The number of halogens is 1. The number of nitrogens with two attached hydrogens (primary N) is 1. The largest absolute Gasteiger partial charge is 0.333 e. The van der Waals surface area contributed by atoms with Crippen molar-refractivity contribution in [2.45, 2.75) is 79.1 Å². The van der Waals surface area contributed by atoms with Crippen molar-refractivity contribution in [3.05, 3.63) is 82.0 Å². The summed E-state index contributed by atoms with van der Waals surface area (Å²) in [6.45, 7) is 20.2. The molecule has 1 heterocycles. The first kappa shape index (κ1) is 35.1. The summed E-state index contributed by atoms with van der Waals surface area (Å²) in [4.78, 5) is 8.02. The fourth-order valence-corrected chi connectivity index (χ4v) is 5.70. The van der Waals surface area contributed by atoms with Crippen LogP contribution in [0.4, 0.5) is 4.39 Å². The summed E-state index contributed by atoms with van der Waals surface area (Å²) in [7, 11) is 3.23. The van der Waals surface area contributed by atoms with Gasteiger partial charge in [0.25, 0.3) is 0 Å². The number of rotatable bonds is 9. The van der Waals surface area contributed by atoms with Crippen molar-refractivity contribution in [2.75, 3.05) is 39.5 Å². The number of likely N-dealkylation sites (tertiary alicyclic amines) is 1. The van der Waals surface area contributed by atoms with E-state index in [2.05, 4.69) is 74.2 Å². The maximum Gasteiger partial charge on any atom is 0.126 e. The quantitative estimate of drug-likeness (QED) is 0.249. The van der Waals surface area contributed by atoms with Crippen LogP contribution < -0.4 is 5.73 Å². The van der Waals surface area contributed by atoms with E-state index in [0.717, 1.165) is 30.0 Å². The highest BCUT2D eigenvalue weighted by Gasteiger charge is 2.60. The molecule has 218 valence electrons. The van der Waals surface area contributed by atoms with Crippen LogP contribution in [0.15, 0.2) is 58.9 Å². The third-order valence-corrected chi connectivity index (χ3v) is 8.22. The molecule has 0 amide bonds. The smallest absolute Gasteiger partial charge is 0.126 e. The molecule has 1 aliphatic carbocycles. The Labute approximate surface area is 243 Å². The molecule has 0 radical (unpaired) electrons. The number of aryl methyl sites for hydroxylation is 2. The van der Waals surface area contributed by atoms with E-state index in [1.807, 2.05) is 24.8 Å². The van der Waals surface area contributed by atoms with Gasteiger partial charge >= 0.3 is 0 Å². The van der Waals surface area contributed by atoms with Crippen LogP contribution in [-0.4, -0.2) is 50.1 Å². The molecule has 2 N–H and O–H groups in total. The molecular formula is C34H54FN3S. The first-order chi connectivity index (χ1) is 18.7. The Balaban J connectivity index is 0.000000363. The zero-order valence-electron chi connectivity index (χ0n) is 25.9. The minimum Gasteiger partial charge on any atom is -0.333 e. The molecule has 0 spiro atoms. The predicted octanol–water partition coefficient (Wildman–Crippen LogP) is 8.43. The van der Waals surface area contributed by atoms with Crippen molar-refractivity contribution >= 4 is 17.5 Å². The summed E-state index contributed by atoms with van der Waals surface area (Å²) in [5, 5.41) is 0. The van der Waals surface area contributed by atoms with Gasteiger partial charge in [-0.25, -0.2) is 4.39 Å². The highest BCUT2D eigenvalue weighted by atomic mass is 32.2. The second kappa shape index (κ2) is 18.4. The molecular weight excluding hydrogens is 501 g/mol.